The summed E-state index contributed by atoms with van der Waals surface area (Å²) in [6.45, 7) is 19.2. The van der Waals surface area contributed by atoms with Crippen molar-refractivity contribution in [2.24, 2.45) is 10.4 Å². The second-order valence-corrected chi connectivity index (χ2v) is 10.3. The van der Waals surface area contributed by atoms with Crippen molar-refractivity contribution in [3.63, 3.8) is 0 Å². The van der Waals surface area contributed by atoms with Crippen molar-refractivity contribution in [2.45, 2.75) is 66.2 Å². The second-order valence-electron chi connectivity index (χ2n) is 10.3. The van der Waals surface area contributed by atoms with E-state index in [2.05, 4.69) is 91.5 Å². The van der Waals surface area contributed by atoms with Crippen LogP contribution in [-0.4, -0.2) is 43.4 Å². The number of aromatic hydroxyl groups is 1. The first-order valence-corrected chi connectivity index (χ1v) is 9.16. The average Bonchev–Trinajstić information content (AvgIpc) is 2.36. The average molecular weight is 347 g/mol. The molecule has 0 unspecified atom stereocenters. The summed E-state index contributed by atoms with van der Waals surface area (Å²) in [5.74, 6) is 0.356. The lowest BCUT2D eigenvalue weighted by molar-refractivity contribution is 0.249. The fourth-order valence-electron chi connectivity index (χ4n) is 3.06. The molecule has 0 heterocycles. The summed E-state index contributed by atoms with van der Waals surface area (Å²) >= 11 is 0. The highest BCUT2D eigenvalue weighted by atomic mass is 16.3. The molecule has 0 spiro atoms. The Labute approximate surface area is 155 Å². The normalized spacial score (nSPS) is 13.9. The van der Waals surface area contributed by atoms with Gasteiger partial charge in [0.15, 0.2) is 0 Å². The Morgan fingerprint density at radius 3 is 1.96 bits per heavy atom. The number of hydrogen-bond donors (Lipinski definition) is 1. The van der Waals surface area contributed by atoms with E-state index >= 15 is 0 Å². The molecule has 0 saturated carbocycles. The van der Waals surface area contributed by atoms with Gasteiger partial charge in [0.05, 0.1) is 0 Å². The van der Waals surface area contributed by atoms with E-state index in [1.165, 1.54) is 5.56 Å². The molecule has 0 atom stereocenters. The van der Waals surface area contributed by atoms with Crippen molar-refractivity contribution in [3.05, 3.63) is 28.8 Å². The zero-order valence-corrected chi connectivity index (χ0v) is 18.0. The van der Waals surface area contributed by atoms with E-state index in [0.717, 1.165) is 24.2 Å². The van der Waals surface area contributed by atoms with Gasteiger partial charge in [0.2, 0.25) is 0 Å². The third-order valence-corrected chi connectivity index (χ3v) is 4.31. The van der Waals surface area contributed by atoms with Crippen LogP contribution < -0.4 is 0 Å². The number of aliphatic imine (C=N–C) groups is 1. The molecule has 0 saturated heterocycles. The van der Waals surface area contributed by atoms with Crippen molar-refractivity contribution < 1.29 is 5.11 Å². The third-order valence-electron chi connectivity index (χ3n) is 4.31. The summed E-state index contributed by atoms with van der Waals surface area (Å²) in [5, 5.41) is 10.8. The first-order valence-electron chi connectivity index (χ1n) is 9.16. The topological polar surface area (TPSA) is 35.8 Å². The fraction of sp³-hybridized carbons (Fsp3) is 0.682. The van der Waals surface area contributed by atoms with Gasteiger partial charge in [0.25, 0.3) is 0 Å². The quantitative estimate of drug-likeness (QED) is 0.762. The maximum absolute atomic E-state index is 10.8. The lowest BCUT2D eigenvalue weighted by atomic mass is 9.79. The molecule has 142 valence electrons. The summed E-state index contributed by atoms with van der Waals surface area (Å²) in [4.78, 5) is 6.85. The predicted molar refractivity (Wildman–Crippen MR) is 110 cm³/mol. The van der Waals surface area contributed by atoms with Crippen LogP contribution in [0.1, 0.15) is 72.1 Å². The van der Waals surface area contributed by atoms with Gasteiger partial charge in [0.1, 0.15) is 5.75 Å². The number of benzene rings is 1. The monoisotopic (exact) mass is 346 g/mol. The predicted octanol–water partition coefficient (Wildman–Crippen LogP) is 4.99. The van der Waals surface area contributed by atoms with Gasteiger partial charge < -0.3 is 10.0 Å². The van der Waals surface area contributed by atoms with Crippen LogP contribution in [0.25, 0.3) is 0 Å². The van der Waals surface area contributed by atoms with Gasteiger partial charge in [-0.2, -0.15) is 0 Å². The van der Waals surface area contributed by atoms with Crippen LogP contribution >= 0.6 is 0 Å². The molecule has 0 aliphatic heterocycles. The number of hydrogen-bond acceptors (Lipinski definition) is 3. The summed E-state index contributed by atoms with van der Waals surface area (Å²) < 4.78 is 0. The molecule has 1 aromatic rings. The minimum Gasteiger partial charge on any atom is -0.507 e. The van der Waals surface area contributed by atoms with E-state index in [-0.39, 0.29) is 16.2 Å². The van der Waals surface area contributed by atoms with Crippen LogP contribution in [0.3, 0.4) is 0 Å². The minimum absolute atomic E-state index is 0.0283. The largest absolute Gasteiger partial charge is 0.507 e. The molecule has 0 bridgehead atoms. The third kappa shape index (κ3) is 6.47. The van der Waals surface area contributed by atoms with Gasteiger partial charge in [0, 0.05) is 30.4 Å². The molecule has 0 aliphatic carbocycles. The smallest absolute Gasteiger partial charge is 0.128 e. The molecule has 25 heavy (non-hydrogen) atoms. The van der Waals surface area contributed by atoms with Crippen LogP contribution in [0.5, 0.6) is 5.75 Å². The number of nitrogens with zero attached hydrogens (tertiary/aromatic N) is 2. The van der Waals surface area contributed by atoms with Crippen LogP contribution in [0.4, 0.5) is 0 Å². The molecule has 3 nitrogen and oxygen atoms in total. The van der Waals surface area contributed by atoms with Gasteiger partial charge in [-0.25, -0.2) is 0 Å². The first-order chi connectivity index (χ1) is 11.1. The maximum atomic E-state index is 10.8. The molecule has 1 N–H and O–H groups in total. The van der Waals surface area contributed by atoms with E-state index in [4.69, 9.17) is 0 Å². The molecule has 0 amide bonds. The van der Waals surface area contributed by atoms with E-state index in [1.807, 2.05) is 6.21 Å². The molecule has 3 heteroatoms. The van der Waals surface area contributed by atoms with Gasteiger partial charge in [-0.05, 0) is 42.0 Å². The zero-order chi connectivity index (χ0) is 19.6. The molecular formula is C22H38N2O. The highest BCUT2D eigenvalue weighted by Gasteiger charge is 2.24. The highest BCUT2D eigenvalue weighted by Crippen LogP contribution is 2.37. The van der Waals surface area contributed by atoms with Crippen LogP contribution in [0.15, 0.2) is 17.1 Å². The Morgan fingerprint density at radius 2 is 1.52 bits per heavy atom. The summed E-state index contributed by atoms with van der Waals surface area (Å²) in [7, 11) is 4.17. The number of phenols is 1. The molecule has 1 aromatic carbocycles. The highest BCUT2D eigenvalue weighted by molar-refractivity contribution is 5.85. The Kier molecular flexibility index (Phi) is 6.50. The van der Waals surface area contributed by atoms with Crippen molar-refractivity contribution >= 4 is 6.21 Å². The van der Waals surface area contributed by atoms with Crippen molar-refractivity contribution in [1.82, 2.24) is 4.90 Å². The molecular weight excluding hydrogens is 308 g/mol. The Morgan fingerprint density at radius 1 is 0.960 bits per heavy atom. The lowest BCUT2D eigenvalue weighted by Crippen LogP contribution is -2.30. The minimum atomic E-state index is -0.113. The van der Waals surface area contributed by atoms with E-state index in [9.17, 15) is 5.11 Å². The number of rotatable bonds is 5. The molecule has 0 fully saturated rings. The van der Waals surface area contributed by atoms with Crippen molar-refractivity contribution in [2.75, 3.05) is 27.2 Å². The molecule has 0 radical (unpaired) electrons. The van der Waals surface area contributed by atoms with Crippen LogP contribution in [0.2, 0.25) is 0 Å². The first kappa shape index (κ1) is 21.7. The van der Waals surface area contributed by atoms with Gasteiger partial charge >= 0.3 is 0 Å². The van der Waals surface area contributed by atoms with Gasteiger partial charge in [-0.1, -0.05) is 61.5 Å². The fourth-order valence-corrected chi connectivity index (χ4v) is 3.06. The Hall–Kier alpha value is -1.35. The Bertz CT molecular complexity index is 614. The second kappa shape index (κ2) is 7.49. The van der Waals surface area contributed by atoms with E-state index in [1.54, 1.807) is 0 Å². The molecule has 0 aliphatic rings. The van der Waals surface area contributed by atoms with Crippen molar-refractivity contribution in [1.29, 1.82) is 0 Å². The summed E-state index contributed by atoms with van der Waals surface area (Å²) in [6, 6.07) is 4.22. The standard InChI is InChI=1S/C22H38N2O/c1-20(2,3)17-11-16(19(25)18(12-17)21(4,5)6)13-23-14-22(7,8)15-24(9)10/h11-13,25H,14-15H2,1-10H3. The van der Waals surface area contributed by atoms with Gasteiger partial charge in [-0.3, -0.25) is 4.99 Å². The number of phenolic OH excluding ortho intramolecular Hbond substituents is 1. The maximum Gasteiger partial charge on any atom is 0.128 e. The van der Waals surface area contributed by atoms with E-state index in [0.29, 0.717) is 5.75 Å². The zero-order valence-electron chi connectivity index (χ0n) is 18.0. The van der Waals surface area contributed by atoms with Gasteiger partial charge in [-0.15, -0.1) is 0 Å². The summed E-state index contributed by atoms with van der Waals surface area (Å²) in [6.07, 6.45) is 1.84. The van der Waals surface area contributed by atoms with Crippen LogP contribution in [0, 0.1) is 5.41 Å². The summed E-state index contributed by atoms with van der Waals surface area (Å²) in [5.41, 5.74) is 3.04. The SMILES string of the molecule is CN(C)CC(C)(C)CN=Cc1cc(C(C)(C)C)cc(C(C)(C)C)c1O. The lowest BCUT2D eigenvalue weighted by Gasteiger charge is -2.27. The van der Waals surface area contributed by atoms with Crippen LogP contribution in [-0.2, 0) is 10.8 Å². The Balaban J connectivity index is 3.24. The van der Waals surface area contributed by atoms with E-state index < -0.39 is 0 Å². The molecule has 0 aromatic heterocycles. The van der Waals surface area contributed by atoms with Crippen molar-refractivity contribution in [3.8, 4) is 5.75 Å². The molecule has 1 rings (SSSR count).